The van der Waals surface area contributed by atoms with Crippen LogP contribution in [0.5, 0.6) is 11.5 Å². The topological polar surface area (TPSA) is 93.1 Å². The van der Waals surface area contributed by atoms with Gasteiger partial charge in [-0.3, -0.25) is 0 Å². The van der Waals surface area contributed by atoms with E-state index in [1.54, 1.807) is 0 Å². The van der Waals surface area contributed by atoms with Crippen LogP contribution in [0.15, 0.2) is 6.07 Å². The molecule has 0 spiro atoms. The Hall–Kier alpha value is -2.24. The molecule has 0 aliphatic carbocycles. The molecule has 2 N–H and O–H groups in total. The fraction of sp³-hybridized carbons (Fsp3) is 0.467. The zero-order chi connectivity index (χ0) is 16.0. The van der Waals surface area contributed by atoms with Gasteiger partial charge in [-0.15, -0.1) is 0 Å². The molecular formula is C15H20O6. The van der Waals surface area contributed by atoms with Crippen LogP contribution in [0, 0.1) is 0 Å². The first-order valence-electron chi connectivity index (χ1n) is 6.72. The summed E-state index contributed by atoms with van der Waals surface area (Å²) < 4.78 is 10.3. The monoisotopic (exact) mass is 296 g/mol. The normalized spacial score (nSPS) is 10.2. The maximum atomic E-state index is 11.4. The number of ether oxygens (including phenoxy) is 2. The number of hydrogen-bond acceptors (Lipinski definition) is 4. The van der Waals surface area contributed by atoms with E-state index in [9.17, 15) is 19.8 Å². The van der Waals surface area contributed by atoms with Crippen molar-refractivity contribution in [3.05, 3.63) is 22.8 Å². The Labute approximate surface area is 123 Å². The van der Waals surface area contributed by atoms with Crippen LogP contribution in [-0.2, 0) is 6.42 Å². The van der Waals surface area contributed by atoms with E-state index < -0.39 is 11.9 Å². The lowest BCUT2D eigenvalue weighted by Gasteiger charge is -2.17. The minimum absolute atomic E-state index is 0.0545. The van der Waals surface area contributed by atoms with E-state index >= 15 is 0 Å². The highest BCUT2D eigenvalue weighted by Crippen LogP contribution is 2.38. The molecule has 0 saturated carbocycles. The number of hydrogen-bond donors (Lipinski definition) is 2. The van der Waals surface area contributed by atoms with Crippen LogP contribution in [0.2, 0.25) is 0 Å². The van der Waals surface area contributed by atoms with E-state index in [1.807, 2.05) is 6.92 Å². The van der Waals surface area contributed by atoms with Gasteiger partial charge in [0.15, 0.2) is 11.5 Å². The maximum Gasteiger partial charge on any atom is 0.339 e. The van der Waals surface area contributed by atoms with Crippen molar-refractivity contribution in [2.24, 2.45) is 0 Å². The second-order valence-corrected chi connectivity index (χ2v) is 4.58. The molecule has 1 aromatic rings. The summed E-state index contributed by atoms with van der Waals surface area (Å²) in [6, 6.07) is 1.13. The summed E-state index contributed by atoms with van der Waals surface area (Å²) in [5.74, 6) is -2.19. The van der Waals surface area contributed by atoms with Gasteiger partial charge in [0.05, 0.1) is 19.8 Å². The first kappa shape index (κ1) is 16.8. The molecule has 6 nitrogen and oxygen atoms in total. The Balaban J connectivity index is 3.49. The van der Waals surface area contributed by atoms with Crippen LogP contribution < -0.4 is 9.47 Å². The lowest BCUT2D eigenvalue weighted by Crippen LogP contribution is -2.11. The van der Waals surface area contributed by atoms with Crippen LogP contribution in [-0.4, -0.2) is 36.4 Å². The van der Waals surface area contributed by atoms with Crippen molar-refractivity contribution < 1.29 is 29.3 Å². The van der Waals surface area contributed by atoms with Crippen molar-refractivity contribution >= 4 is 11.9 Å². The summed E-state index contributed by atoms with van der Waals surface area (Å²) in [6.45, 7) is 2.05. The molecule has 116 valence electrons. The van der Waals surface area contributed by atoms with Crippen LogP contribution in [0.3, 0.4) is 0 Å². The molecule has 1 rings (SSSR count). The van der Waals surface area contributed by atoms with Gasteiger partial charge >= 0.3 is 11.9 Å². The van der Waals surface area contributed by atoms with Gasteiger partial charge in [-0.05, 0) is 18.9 Å². The van der Waals surface area contributed by atoms with Gasteiger partial charge in [0.2, 0.25) is 0 Å². The van der Waals surface area contributed by atoms with Crippen molar-refractivity contribution in [2.75, 3.05) is 14.2 Å². The van der Waals surface area contributed by atoms with Gasteiger partial charge in [-0.2, -0.15) is 0 Å². The Morgan fingerprint density at radius 1 is 1.00 bits per heavy atom. The number of carbonyl (C=O) groups is 2. The van der Waals surface area contributed by atoms with Crippen LogP contribution >= 0.6 is 0 Å². The molecule has 0 bridgehead atoms. The standard InChI is InChI=1S/C15H20O6/c1-4-5-6-7-9-10(14(16)17)8-11(15(18)19)13(21-3)12(9)20-2/h8H,4-7H2,1-3H3,(H,16,17)(H,18,19). The van der Waals surface area contributed by atoms with E-state index in [4.69, 9.17) is 9.47 Å². The molecule has 1 aromatic carbocycles. The van der Waals surface area contributed by atoms with Gasteiger partial charge < -0.3 is 19.7 Å². The smallest absolute Gasteiger partial charge is 0.339 e. The first-order valence-corrected chi connectivity index (χ1v) is 6.72. The number of methoxy groups -OCH3 is 2. The van der Waals surface area contributed by atoms with E-state index in [2.05, 4.69) is 0 Å². The molecule has 0 saturated heterocycles. The highest BCUT2D eigenvalue weighted by molar-refractivity contribution is 5.98. The Bertz CT molecular complexity index is 535. The molecule has 0 heterocycles. The molecule has 0 unspecified atom stereocenters. The van der Waals surface area contributed by atoms with Gasteiger partial charge in [0.1, 0.15) is 5.56 Å². The largest absolute Gasteiger partial charge is 0.493 e. The van der Waals surface area contributed by atoms with Gasteiger partial charge in [0, 0.05) is 5.56 Å². The van der Waals surface area contributed by atoms with Crippen LogP contribution in [0.4, 0.5) is 0 Å². The summed E-state index contributed by atoms with van der Waals surface area (Å²) >= 11 is 0. The SMILES string of the molecule is CCCCCc1c(C(=O)O)cc(C(=O)O)c(OC)c1OC. The number of aromatic carboxylic acids is 2. The number of rotatable bonds is 8. The lowest BCUT2D eigenvalue weighted by molar-refractivity contribution is 0.0692. The highest BCUT2D eigenvalue weighted by atomic mass is 16.5. The van der Waals surface area contributed by atoms with Crippen molar-refractivity contribution in [3.8, 4) is 11.5 Å². The summed E-state index contributed by atoms with van der Waals surface area (Å²) in [7, 11) is 2.71. The molecule has 0 amide bonds. The molecule has 0 radical (unpaired) electrons. The highest BCUT2D eigenvalue weighted by Gasteiger charge is 2.25. The summed E-state index contributed by atoms with van der Waals surface area (Å²) in [6.07, 6.45) is 3.23. The third-order valence-electron chi connectivity index (χ3n) is 3.24. The van der Waals surface area contributed by atoms with Crippen LogP contribution in [0.1, 0.15) is 52.5 Å². The minimum Gasteiger partial charge on any atom is -0.493 e. The van der Waals surface area contributed by atoms with E-state index in [-0.39, 0.29) is 22.6 Å². The molecule has 0 aliphatic rings. The van der Waals surface area contributed by atoms with Crippen molar-refractivity contribution in [3.63, 3.8) is 0 Å². The number of benzene rings is 1. The number of carboxylic acid groups (broad SMARTS) is 2. The molecule has 0 aromatic heterocycles. The third-order valence-corrected chi connectivity index (χ3v) is 3.24. The van der Waals surface area contributed by atoms with Gasteiger partial charge in [-0.1, -0.05) is 19.8 Å². The van der Waals surface area contributed by atoms with Crippen molar-refractivity contribution in [1.82, 2.24) is 0 Å². The lowest BCUT2D eigenvalue weighted by atomic mass is 9.96. The fourth-order valence-electron chi connectivity index (χ4n) is 2.25. The molecule has 21 heavy (non-hydrogen) atoms. The molecule has 0 atom stereocenters. The molecule has 0 fully saturated rings. The zero-order valence-electron chi connectivity index (χ0n) is 12.4. The molecule has 0 aliphatic heterocycles. The Morgan fingerprint density at radius 2 is 1.57 bits per heavy atom. The average molecular weight is 296 g/mol. The molecule has 6 heteroatoms. The van der Waals surface area contributed by atoms with E-state index in [0.29, 0.717) is 12.0 Å². The first-order chi connectivity index (χ1) is 9.97. The predicted octanol–water partition coefficient (Wildman–Crippen LogP) is 2.83. The van der Waals surface area contributed by atoms with Crippen molar-refractivity contribution in [2.45, 2.75) is 32.6 Å². The second-order valence-electron chi connectivity index (χ2n) is 4.58. The van der Waals surface area contributed by atoms with E-state index in [1.165, 1.54) is 14.2 Å². The zero-order valence-corrected chi connectivity index (χ0v) is 12.4. The van der Waals surface area contributed by atoms with Gasteiger partial charge in [0.25, 0.3) is 0 Å². The third kappa shape index (κ3) is 3.65. The summed E-state index contributed by atoms with van der Waals surface area (Å²) in [5.41, 5.74) is 0.201. The maximum absolute atomic E-state index is 11.4. The van der Waals surface area contributed by atoms with Gasteiger partial charge in [-0.25, -0.2) is 9.59 Å². The quantitative estimate of drug-likeness (QED) is 0.716. The van der Waals surface area contributed by atoms with Crippen LogP contribution in [0.25, 0.3) is 0 Å². The Morgan fingerprint density at radius 3 is 2.00 bits per heavy atom. The second kappa shape index (κ2) is 7.52. The van der Waals surface area contributed by atoms with E-state index in [0.717, 1.165) is 25.3 Å². The predicted molar refractivity (Wildman–Crippen MR) is 76.7 cm³/mol. The molecular weight excluding hydrogens is 276 g/mol. The Kier molecular flexibility index (Phi) is 6.02. The summed E-state index contributed by atoms with van der Waals surface area (Å²) in [5, 5.41) is 18.5. The average Bonchev–Trinajstić information content (AvgIpc) is 2.45. The van der Waals surface area contributed by atoms with Crippen molar-refractivity contribution in [1.29, 1.82) is 0 Å². The number of unbranched alkanes of at least 4 members (excludes halogenated alkanes) is 2. The summed E-state index contributed by atoms with van der Waals surface area (Å²) in [4.78, 5) is 22.7. The minimum atomic E-state index is -1.26. The number of carboxylic acids is 2. The fourth-order valence-corrected chi connectivity index (χ4v) is 2.25.